The minimum Gasteiger partial charge on any atom is -0.348 e. The van der Waals surface area contributed by atoms with E-state index in [1.807, 2.05) is 0 Å². The molecule has 1 aromatic heterocycles. The minimum absolute atomic E-state index is 0.0882. The van der Waals surface area contributed by atoms with Crippen LogP contribution in [-0.4, -0.2) is 22.6 Å². The predicted octanol–water partition coefficient (Wildman–Crippen LogP) is 0.451. The van der Waals surface area contributed by atoms with Crippen LogP contribution < -0.4 is 11.1 Å². The van der Waals surface area contributed by atoms with E-state index in [0.717, 1.165) is 32.2 Å². The van der Waals surface area contributed by atoms with Gasteiger partial charge in [-0.05, 0) is 38.1 Å². The molecule has 1 aliphatic carbocycles. The highest BCUT2D eigenvalue weighted by molar-refractivity contribution is 5.78. The lowest BCUT2D eigenvalue weighted by Crippen LogP contribution is -2.34. The van der Waals surface area contributed by atoms with Gasteiger partial charge in [-0.1, -0.05) is 5.16 Å². The minimum atomic E-state index is 0.0882. The molecule has 6 heteroatoms. The van der Waals surface area contributed by atoms with E-state index in [1.54, 1.807) is 0 Å². The van der Waals surface area contributed by atoms with Crippen LogP contribution in [0.15, 0.2) is 10.9 Å². The van der Waals surface area contributed by atoms with E-state index in [-0.39, 0.29) is 11.8 Å². The molecule has 0 aromatic carbocycles. The van der Waals surface area contributed by atoms with Gasteiger partial charge < -0.3 is 15.6 Å². The standard InChI is InChI=1S/C11H18N4O2/c12-5-8-1-3-9(4-2-8)11(16)13-6-10-14-7-17-15-10/h7-9H,1-6,12H2,(H,13,16). The van der Waals surface area contributed by atoms with E-state index in [2.05, 4.69) is 20.0 Å². The fourth-order valence-electron chi connectivity index (χ4n) is 2.24. The van der Waals surface area contributed by atoms with Crippen molar-refractivity contribution in [2.45, 2.75) is 32.2 Å². The Bertz CT molecular complexity index is 344. The third kappa shape index (κ3) is 3.26. The first-order valence-corrected chi connectivity index (χ1v) is 6.02. The van der Waals surface area contributed by atoms with E-state index in [0.29, 0.717) is 18.3 Å². The van der Waals surface area contributed by atoms with Crippen LogP contribution >= 0.6 is 0 Å². The maximum Gasteiger partial charge on any atom is 0.223 e. The Morgan fingerprint density at radius 3 is 2.82 bits per heavy atom. The molecule has 1 amide bonds. The van der Waals surface area contributed by atoms with Crippen LogP contribution in [0.25, 0.3) is 0 Å². The molecule has 0 saturated heterocycles. The highest BCUT2D eigenvalue weighted by Gasteiger charge is 2.25. The summed E-state index contributed by atoms with van der Waals surface area (Å²) in [5, 5.41) is 6.47. The zero-order chi connectivity index (χ0) is 12.1. The fourth-order valence-corrected chi connectivity index (χ4v) is 2.24. The molecule has 0 aliphatic heterocycles. The number of carbonyl (C=O) groups excluding carboxylic acids is 1. The van der Waals surface area contributed by atoms with Crippen LogP contribution in [0.3, 0.4) is 0 Å². The molecule has 0 spiro atoms. The summed E-state index contributed by atoms with van der Waals surface area (Å²) < 4.78 is 4.59. The Labute approximate surface area is 99.9 Å². The van der Waals surface area contributed by atoms with Crippen molar-refractivity contribution < 1.29 is 9.32 Å². The second-order valence-corrected chi connectivity index (χ2v) is 4.52. The van der Waals surface area contributed by atoms with Gasteiger partial charge in [0.2, 0.25) is 12.3 Å². The average molecular weight is 238 g/mol. The Hall–Kier alpha value is -1.43. The number of nitrogens with two attached hydrogens (primary N) is 1. The summed E-state index contributed by atoms with van der Waals surface area (Å²) in [6, 6.07) is 0. The second kappa shape index (κ2) is 5.77. The van der Waals surface area contributed by atoms with E-state index >= 15 is 0 Å². The van der Waals surface area contributed by atoms with Crippen LogP contribution in [0.4, 0.5) is 0 Å². The molecule has 1 fully saturated rings. The van der Waals surface area contributed by atoms with Gasteiger partial charge in [-0.3, -0.25) is 4.79 Å². The number of nitrogens with one attached hydrogen (secondary N) is 1. The Kier molecular flexibility index (Phi) is 4.08. The Morgan fingerprint density at radius 2 is 2.24 bits per heavy atom. The number of amides is 1. The van der Waals surface area contributed by atoms with Gasteiger partial charge in [0.25, 0.3) is 0 Å². The van der Waals surface area contributed by atoms with Crippen LogP contribution in [-0.2, 0) is 11.3 Å². The van der Waals surface area contributed by atoms with E-state index in [1.165, 1.54) is 6.39 Å². The quantitative estimate of drug-likeness (QED) is 0.794. The first kappa shape index (κ1) is 12.0. The number of hydrogen-bond donors (Lipinski definition) is 2. The summed E-state index contributed by atoms with van der Waals surface area (Å²) in [4.78, 5) is 15.7. The van der Waals surface area contributed by atoms with E-state index in [9.17, 15) is 4.79 Å². The largest absolute Gasteiger partial charge is 0.348 e. The number of nitrogens with zero attached hydrogens (tertiary/aromatic N) is 2. The molecule has 94 valence electrons. The zero-order valence-electron chi connectivity index (χ0n) is 9.76. The van der Waals surface area contributed by atoms with Crippen molar-refractivity contribution in [2.24, 2.45) is 17.6 Å². The second-order valence-electron chi connectivity index (χ2n) is 4.52. The summed E-state index contributed by atoms with van der Waals surface area (Å²) in [6.07, 6.45) is 5.22. The monoisotopic (exact) mass is 238 g/mol. The molecule has 1 aliphatic rings. The number of hydrogen-bond acceptors (Lipinski definition) is 5. The van der Waals surface area contributed by atoms with Crippen LogP contribution in [0, 0.1) is 11.8 Å². The summed E-state index contributed by atoms with van der Waals surface area (Å²) in [7, 11) is 0. The number of rotatable bonds is 4. The first-order chi connectivity index (χ1) is 8.29. The lowest BCUT2D eigenvalue weighted by atomic mass is 9.81. The summed E-state index contributed by atoms with van der Waals surface area (Å²) in [5.74, 6) is 1.31. The van der Waals surface area contributed by atoms with E-state index < -0.39 is 0 Å². The molecular formula is C11H18N4O2. The van der Waals surface area contributed by atoms with Crippen molar-refractivity contribution in [2.75, 3.05) is 6.54 Å². The molecule has 0 unspecified atom stereocenters. The lowest BCUT2D eigenvalue weighted by Gasteiger charge is -2.26. The number of carbonyl (C=O) groups is 1. The maximum atomic E-state index is 11.9. The van der Waals surface area contributed by atoms with Gasteiger partial charge in [0.15, 0.2) is 5.82 Å². The van der Waals surface area contributed by atoms with Gasteiger partial charge in [0, 0.05) is 5.92 Å². The topological polar surface area (TPSA) is 94.0 Å². The molecule has 1 aromatic rings. The van der Waals surface area contributed by atoms with Crippen LogP contribution in [0.2, 0.25) is 0 Å². The van der Waals surface area contributed by atoms with Gasteiger partial charge in [0.05, 0.1) is 6.54 Å². The molecule has 0 radical (unpaired) electrons. The Balaban J connectivity index is 1.73. The van der Waals surface area contributed by atoms with Crippen molar-refractivity contribution in [3.8, 4) is 0 Å². The van der Waals surface area contributed by atoms with Gasteiger partial charge in [-0.15, -0.1) is 0 Å². The Morgan fingerprint density at radius 1 is 1.47 bits per heavy atom. The summed E-state index contributed by atoms with van der Waals surface area (Å²) >= 11 is 0. The van der Waals surface area contributed by atoms with E-state index in [4.69, 9.17) is 5.73 Å². The molecule has 3 N–H and O–H groups in total. The molecule has 1 saturated carbocycles. The molecular weight excluding hydrogens is 220 g/mol. The van der Waals surface area contributed by atoms with Crippen molar-refractivity contribution in [3.63, 3.8) is 0 Å². The normalized spacial score (nSPS) is 24.5. The first-order valence-electron chi connectivity index (χ1n) is 6.02. The van der Waals surface area contributed by atoms with Crippen LogP contribution in [0.1, 0.15) is 31.5 Å². The van der Waals surface area contributed by atoms with Crippen molar-refractivity contribution in [3.05, 3.63) is 12.2 Å². The molecule has 6 nitrogen and oxygen atoms in total. The van der Waals surface area contributed by atoms with Crippen molar-refractivity contribution in [1.29, 1.82) is 0 Å². The molecule has 17 heavy (non-hydrogen) atoms. The predicted molar refractivity (Wildman–Crippen MR) is 60.6 cm³/mol. The third-order valence-corrected chi connectivity index (χ3v) is 3.38. The third-order valence-electron chi connectivity index (χ3n) is 3.38. The molecule has 0 bridgehead atoms. The van der Waals surface area contributed by atoms with Gasteiger partial charge in [-0.25, -0.2) is 0 Å². The fraction of sp³-hybridized carbons (Fsp3) is 0.727. The smallest absolute Gasteiger partial charge is 0.223 e. The maximum absolute atomic E-state index is 11.9. The zero-order valence-corrected chi connectivity index (χ0v) is 9.76. The highest BCUT2D eigenvalue weighted by Crippen LogP contribution is 2.28. The van der Waals surface area contributed by atoms with Crippen LogP contribution in [0.5, 0.6) is 0 Å². The van der Waals surface area contributed by atoms with Crippen molar-refractivity contribution >= 4 is 5.91 Å². The van der Waals surface area contributed by atoms with Gasteiger partial charge in [0.1, 0.15) is 0 Å². The highest BCUT2D eigenvalue weighted by atomic mass is 16.5. The summed E-state index contributed by atoms with van der Waals surface area (Å²) in [5.41, 5.74) is 5.62. The van der Waals surface area contributed by atoms with Gasteiger partial charge >= 0.3 is 0 Å². The number of aromatic nitrogens is 2. The van der Waals surface area contributed by atoms with Gasteiger partial charge in [-0.2, -0.15) is 4.98 Å². The molecule has 1 heterocycles. The van der Waals surface area contributed by atoms with Crippen molar-refractivity contribution in [1.82, 2.24) is 15.5 Å². The average Bonchev–Trinajstić information content (AvgIpc) is 2.89. The molecule has 0 atom stereocenters. The SMILES string of the molecule is NCC1CCC(C(=O)NCc2ncon2)CC1. The molecule has 2 rings (SSSR count). The summed E-state index contributed by atoms with van der Waals surface area (Å²) in [6.45, 7) is 1.07. The lowest BCUT2D eigenvalue weighted by molar-refractivity contribution is -0.126.